The quantitative estimate of drug-likeness (QED) is 0.161. The van der Waals surface area contributed by atoms with E-state index in [1.807, 2.05) is 53.6 Å². The van der Waals surface area contributed by atoms with Crippen LogP contribution in [0.2, 0.25) is 5.02 Å². The zero-order chi connectivity index (χ0) is 48.7. The minimum absolute atomic E-state index is 0.0834. The number of likely N-dealkylation sites (tertiary alicyclic amines) is 1. The van der Waals surface area contributed by atoms with E-state index in [4.69, 9.17) is 22.1 Å². The predicted molar refractivity (Wildman–Crippen MR) is 272 cm³/mol. The second-order valence-electron chi connectivity index (χ2n) is 21.9. The number of piperazine rings is 2. The lowest BCUT2D eigenvalue weighted by Gasteiger charge is -2.55. The van der Waals surface area contributed by atoms with Crippen molar-refractivity contribution in [3.05, 3.63) is 88.8 Å². The summed E-state index contributed by atoms with van der Waals surface area (Å²) in [6.07, 6.45) is 12.6. The molecule has 2 atom stereocenters. The van der Waals surface area contributed by atoms with Gasteiger partial charge in [-0.15, -0.1) is 0 Å². The summed E-state index contributed by atoms with van der Waals surface area (Å²) in [7, 11) is 0. The third kappa shape index (κ3) is 10.2. The number of piperidine rings is 2. The van der Waals surface area contributed by atoms with Crippen LogP contribution < -0.4 is 16.0 Å². The first kappa shape index (κ1) is 48.2. The second kappa shape index (κ2) is 20.1. The minimum Gasteiger partial charge on any atom is -0.373 e. The number of carbonyl (C=O) groups excluding carboxylic acids is 4. The van der Waals surface area contributed by atoms with E-state index in [9.17, 15) is 19.2 Å². The van der Waals surface area contributed by atoms with Crippen molar-refractivity contribution in [2.75, 3.05) is 103 Å². The Kier molecular flexibility index (Phi) is 13.6. The van der Waals surface area contributed by atoms with Crippen molar-refractivity contribution in [2.45, 2.75) is 93.7 Å². The van der Waals surface area contributed by atoms with Crippen LogP contribution in [0.5, 0.6) is 0 Å². The summed E-state index contributed by atoms with van der Waals surface area (Å²) >= 11 is 6.30. The number of fused-ring (bicyclic) bond motifs is 4. The summed E-state index contributed by atoms with van der Waals surface area (Å²) < 4.78 is 6.73. The highest BCUT2D eigenvalue weighted by molar-refractivity contribution is 6.30. The summed E-state index contributed by atoms with van der Waals surface area (Å²) in [5, 5.41) is 4.94. The smallest absolute Gasteiger partial charge is 0.253 e. The second-order valence-corrected chi connectivity index (χ2v) is 22.4. The van der Waals surface area contributed by atoms with Crippen molar-refractivity contribution in [1.29, 1.82) is 0 Å². The maximum atomic E-state index is 14.3. The van der Waals surface area contributed by atoms with Gasteiger partial charge in [0.25, 0.3) is 5.91 Å². The molecule has 1 unspecified atom stereocenters. The number of aromatic amines is 1. The number of H-pyrrole nitrogens is 1. The standard InChI is InChI=1S/C54H70ClN11O5/c55-43-10-8-38(9-11-43)45(60-50(69)54(56)18-23-63(24-19-54)47-44-12-20-57-46(44)58-37-59-47)13-22-61-25-31-65(32-26-61)51(70)52-14-16-53(17-15-52,71-36-52)35-62-27-29-64(30-28-62)49(68)41-4-1-3-40(33-41)42-5-2-21-66(34-42)48(67)39-6-7-39/h1,3-4,8-12,20,33,37,39,42,45H,2,5-7,13-19,21-32,34-36,56H2,(H,60,69)(H,57,58,59)/t42?,45-,52?,53?/m0/s1. The number of ether oxygens (including phenoxy) is 1. The maximum absolute atomic E-state index is 14.3. The molecule has 6 saturated heterocycles. The average Bonchev–Trinajstić information content (AvgIpc) is 4.16. The lowest BCUT2D eigenvalue weighted by Crippen LogP contribution is -2.63. The Bertz CT molecular complexity index is 2560. The molecular weight excluding hydrogens is 918 g/mol. The number of nitrogens with zero attached hydrogens (tertiary/aromatic N) is 8. The molecule has 0 spiro atoms. The van der Waals surface area contributed by atoms with Crippen LogP contribution in [-0.2, 0) is 19.1 Å². The molecule has 17 heteroatoms. The van der Waals surface area contributed by atoms with Crippen molar-refractivity contribution in [3.63, 3.8) is 0 Å². The highest BCUT2D eigenvalue weighted by atomic mass is 35.5. The van der Waals surface area contributed by atoms with Crippen molar-refractivity contribution < 1.29 is 23.9 Å². The monoisotopic (exact) mass is 988 g/mol. The Morgan fingerprint density at radius 3 is 2.25 bits per heavy atom. The third-order valence-electron chi connectivity index (χ3n) is 17.4. The number of halogens is 1. The van der Waals surface area contributed by atoms with Crippen LogP contribution in [0.3, 0.4) is 0 Å². The SMILES string of the molecule is NC1(C(=O)N[C@@H](CCN2CCN(C(=O)C34CCC(CN5CCN(C(=O)c6cccc(C7CCCN(C(=O)C8CC8)C7)c6)CC5)(CC3)OC4)CC2)c2ccc(Cl)cc2)CCN(c2ncnc3[nH]ccc23)CC1. The molecule has 8 fully saturated rings. The molecule has 378 valence electrons. The Morgan fingerprint density at radius 1 is 0.803 bits per heavy atom. The molecule has 2 aliphatic carbocycles. The van der Waals surface area contributed by atoms with Crippen molar-refractivity contribution in [3.8, 4) is 0 Å². The van der Waals surface area contributed by atoms with E-state index in [-0.39, 0.29) is 41.2 Å². The highest BCUT2D eigenvalue weighted by Gasteiger charge is 2.55. The molecule has 71 heavy (non-hydrogen) atoms. The van der Waals surface area contributed by atoms with Gasteiger partial charge >= 0.3 is 0 Å². The average molecular weight is 989 g/mol. The number of benzene rings is 2. The van der Waals surface area contributed by atoms with Gasteiger partial charge in [0.2, 0.25) is 17.7 Å². The molecule has 0 radical (unpaired) electrons. The van der Waals surface area contributed by atoms with Crippen LogP contribution in [0.15, 0.2) is 67.1 Å². The van der Waals surface area contributed by atoms with Gasteiger partial charge in [0.05, 0.1) is 34.6 Å². The molecule has 2 aromatic carbocycles. The van der Waals surface area contributed by atoms with E-state index in [1.165, 1.54) is 0 Å². The van der Waals surface area contributed by atoms with Crippen LogP contribution in [0.4, 0.5) is 5.82 Å². The summed E-state index contributed by atoms with van der Waals surface area (Å²) in [5.74, 6) is 1.85. The summed E-state index contributed by atoms with van der Waals surface area (Å²) in [6, 6.07) is 17.6. The van der Waals surface area contributed by atoms with Crippen LogP contribution in [-0.4, -0.2) is 172 Å². The topological polar surface area (TPSA) is 177 Å². The molecule has 16 nitrogen and oxygen atoms in total. The Labute approximate surface area is 421 Å². The molecule has 4 amide bonds. The molecule has 2 bridgehead atoms. The zero-order valence-corrected chi connectivity index (χ0v) is 41.8. The number of hydrogen-bond acceptors (Lipinski definition) is 11. The van der Waals surface area contributed by atoms with Crippen LogP contribution in [0.1, 0.15) is 104 Å². The lowest BCUT2D eigenvalue weighted by atomic mass is 9.65. The number of nitrogens with one attached hydrogen (secondary N) is 2. The Balaban J connectivity index is 0.627. The number of anilines is 1. The van der Waals surface area contributed by atoms with Gasteiger partial charge < -0.3 is 40.4 Å². The number of hydrogen-bond donors (Lipinski definition) is 3. The number of rotatable bonds is 13. The molecule has 8 heterocycles. The van der Waals surface area contributed by atoms with Gasteiger partial charge in [-0.2, -0.15) is 0 Å². The van der Waals surface area contributed by atoms with Crippen molar-refractivity contribution >= 4 is 52.1 Å². The van der Waals surface area contributed by atoms with E-state index in [0.717, 1.165) is 137 Å². The van der Waals surface area contributed by atoms with Gasteiger partial charge in [-0.05, 0) is 112 Å². The van der Waals surface area contributed by atoms with E-state index in [0.29, 0.717) is 76.1 Å². The molecular formula is C54H70ClN11O5. The number of aromatic nitrogens is 3. The molecule has 4 aromatic rings. The highest BCUT2D eigenvalue weighted by Crippen LogP contribution is 2.50. The number of nitrogens with two attached hydrogens (primary N) is 1. The van der Waals surface area contributed by atoms with Crippen molar-refractivity contribution in [1.82, 2.24) is 44.8 Å². The molecule has 8 aliphatic rings. The fourth-order valence-electron chi connectivity index (χ4n) is 12.5. The van der Waals surface area contributed by atoms with Crippen LogP contribution in [0, 0.1) is 11.3 Å². The molecule has 6 aliphatic heterocycles. The first-order valence-corrected chi connectivity index (χ1v) is 26.8. The van der Waals surface area contributed by atoms with Crippen LogP contribution in [0.25, 0.3) is 11.0 Å². The fourth-order valence-corrected chi connectivity index (χ4v) is 12.6. The van der Waals surface area contributed by atoms with E-state index < -0.39 is 11.0 Å². The van der Waals surface area contributed by atoms with Gasteiger partial charge in [-0.3, -0.25) is 29.0 Å². The largest absolute Gasteiger partial charge is 0.373 e. The first-order valence-electron chi connectivity index (χ1n) is 26.4. The maximum Gasteiger partial charge on any atom is 0.253 e. The summed E-state index contributed by atoms with van der Waals surface area (Å²) in [6.45, 7) is 10.7. The Morgan fingerprint density at radius 2 is 1.54 bits per heavy atom. The van der Waals surface area contributed by atoms with Gasteiger partial charge in [-0.25, -0.2) is 9.97 Å². The van der Waals surface area contributed by atoms with E-state index in [2.05, 4.69) is 56.9 Å². The molecule has 2 aromatic heterocycles. The fraction of sp³-hybridized carbons (Fsp3) is 0.593. The molecule has 12 rings (SSSR count). The predicted octanol–water partition coefficient (Wildman–Crippen LogP) is 5.20. The van der Waals surface area contributed by atoms with Gasteiger partial charge in [0, 0.05) is 120 Å². The molecule has 2 saturated carbocycles. The van der Waals surface area contributed by atoms with Gasteiger partial charge in [0.1, 0.15) is 17.8 Å². The van der Waals surface area contributed by atoms with Gasteiger partial charge in [0.15, 0.2) is 0 Å². The normalized spacial score (nSPS) is 26.6. The number of carbonyl (C=O) groups is 4. The van der Waals surface area contributed by atoms with E-state index >= 15 is 0 Å². The zero-order valence-electron chi connectivity index (χ0n) is 41.0. The Hall–Kier alpha value is -5.13. The van der Waals surface area contributed by atoms with E-state index in [1.54, 1.807) is 6.33 Å². The van der Waals surface area contributed by atoms with Crippen molar-refractivity contribution in [2.24, 2.45) is 17.1 Å². The molecule has 4 N–H and O–H groups in total. The summed E-state index contributed by atoms with van der Waals surface area (Å²) in [5.41, 5.74) is 8.84. The van der Waals surface area contributed by atoms with Crippen LogP contribution >= 0.6 is 11.6 Å². The third-order valence-corrected chi connectivity index (χ3v) is 17.6. The first-order chi connectivity index (χ1) is 34.5. The minimum atomic E-state index is -1.01. The van der Waals surface area contributed by atoms with Gasteiger partial charge in [-0.1, -0.05) is 35.9 Å². The summed E-state index contributed by atoms with van der Waals surface area (Å²) in [4.78, 5) is 80.2. The lowest BCUT2D eigenvalue weighted by molar-refractivity contribution is -0.203. The number of amides is 4.